The fraction of sp³-hybridized carbons (Fsp3) is 0.308. The maximum absolute atomic E-state index is 12.0. The van der Waals surface area contributed by atoms with Crippen LogP contribution >= 0.6 is 0 Å². The fourth-order valence-corrected chi connectivity index (χ4v) is 1.83. The van der Waals surface area contributed by atoms with Gasteiger partial charge in [0.15, 0.2) is 0 Å². The first kappa shape index (κ1) is 15.0. The van der Waals surface area contributed by atoms with E-state index >= 15 is 0 Å². The monoisotopic (exact) mass is 299 g/mol. The van der Waals surface area contributed by atoms with Crippen molar-refractivity contribution in [2.45, 2.75) is 19.0 Å². The lowest BCUT2D eigenvalue weighted by molar-refractivity contribution is -0.384. The van der Waals surface area contributed by atoms with Crippen molar-refractivity contribution in [2.24, 2.45) is 0 Å². The van der Waals surface area contributed by atoms with Crippen LogP contribution in [0.25, 0.3) is 10.9 Å². The van der Waals surface area contributed by atoms with Gasteiger partial charge in [-0.2, -0.15) is 13.2 Å². The third kappa shape index (κ3) is 4.30. The quantitative estimate of drug-likeness (QED) is 0.516. The zero-order chi connectivity index (χ0) is 15.5. The molecule has 2 aromatic rings. The van der Waals surface area contributed by atoms with Gasteiger partial charge in [-0.15, -0.1) is 0 Å². The number of pyridine rings is 1. The van der Waals surface area contributed by atoms with Crippen molar-refractivity contribution in [3.63, 3.8) is 0 Å². The molecule has 1 aromatic heterocycles. The Hall–Kier alpha value is -2.38. The number of benzene rings is 1. The van der Waals surface area contributed by atoms with Crippen LogP contribution in [0.15, 0.2) is 30.3 Å². The third-order valence-electron chi connectivity index (χ3n) is 2.83. The Balaban J connectivity index is 2.02. The minimum absolute atomic E-state index is 0.0322. The van der Waals surface area contributed by atoms with E-state index in [1.54, 1.807) is 12.1 Å². The first-order valence-corrected chi connectivity index (χ1v) is 6.21. The smallest absolute Gasteiger partial charge is 0.370 e. The number of anilines is 1. The molecule has 0 aliphatic rings. The average molecular weight is 299 g/mol. The molecule has 8 heteroatoms. The van der Waals surface area contributed by atoms with Crippen LogP contribution in [-0.2, 0) is 0 Å². The summed E-state index contributed by atoms with van der Waals surface area (Å²) in [4.78, 5) is 14.3. The van der Waals surface area contributed by atoms with E-state index in [1.165, 1.54) is 18.2 Å². The number of hydrogen-bond acceptors (Lipinski definition) is 4. The molecule has 112 valence electrons. The molecule has 5 nitrogen and oxygen atoms in total. The van der Waals surface area contributed by atoms with Crippen LogP contribution in [0.1, 0.15) is 12.8 Å². The van der Waals surface area contributed by atoms with Gasteiger partial charge in [-0.25, -0.2) is 4.98 Å². The number of alkyl halides is 3. The zero-order valence-corrected chi connectivity index (χ0v) is 10.9. The summed E-state index contributed by atoms with van der Waals surface area (Å²) in [6.07, 6.45) is -5.04. The van der Waals surface area contributed by atoms with E-state index in [0.717, 1.165) is 0 Å². The molecule has 1 heterocycles. The van der Waals surface area contributed by atoms with Gasteiger partial charge < -0.3 is 5.32 Å². The second-order valence-corrected chi connectivity index (χ2v) is 4.48. The minimum Gasteiger partial charge on any atom is -0.370 e. The van der Waals surface area contributed by atoms with Crippen LogP contribution in [0.2, 0.25) is 0 Å². The predicted molar refractivity (Wildman–Crippen MR) is 72.2 cm³/mol. The molecule has 0 spiro atoms. The summed E-state index contributed by atoms with van der Waals surface area (Å²) in [5.41, 5.74) is 0.511. The van der Waals surface area contributed by atoms with E-state index in [-0.39, 0.29) is 18.7 Å². The fourth-order valence-electron chi connectivity index (χ4n) is 1.83. The van der Waals surface area contributed by atoms with Gasteiger partial charge in [-0.05, 0) is 24.6 Å². The number of hydrogen-bond donors (Lipinski definition) is 1. The van der Waals surface area contributed by atoms with Gasteiger partial charge in [-0.3, -0.25) is 10.1 Å². The van der Waals surface area contributed by atoms with Gasteiger partial charge in [0.25, 0.3) is 5.69 Å². The largest absolute Gasteiger partial charge is 0.389 e. The third-order valence-corrected chi connectivity index (χ3v) is 2.83. The number of nitrogens with zero attached hydrogens (tertiary/aromatic N) is 2. The van der Waals surface area contributed by atoms with Crippen LogP contribution in [0, 0.1) is 10.1 Å². The van der Waals surface area contributed by atoms with E-state index in [1.807, 2.05) is 0 Å². The first-order chi connectivity index (χ1) is 9.85. The van der Waals surface area contributed by atoms with Gasteiger partial charge in [0.1, 0.15) is 5.82 Å². The molecule has 0 atom stereocenters. The van der Waals surface area contributed by atoms with Crippen LogP contribution in [0.5, 0.6) is 0 Å². The Kier molecular flexibility index (Phi) is 4.25. The number of fused-ring (bicyclic) bond motifs is 1. The van der Waals surface area contributed by atoms with Crippen LogP contribution in [0.4, 0.5) is 24.7 Å². The second-order valence-electron chi connectivity index (χ2n) is 4.48. The maximum Gasteiger partial charge on any atom is 0.389 e. The van der Waals surface area contributed by atoms with E-state index in [9.17, 15) is 23.3 Å². The maximum atomic E-state index is 12.0. The van der Waals surface area contributed by atoms with Crippen LogP contribution < -0.4 is 5.32 Å². The van der Waals surface area contributed by atoms with Gasteiger partial charge >= 0.3 is 6.18 Å². The highest BCUT2D eigenvalue weighted by molar-refractivity contribution is 5.82. The molecular weight excluding hydrogens is 287 g/mol. The van der Waals surface area contributed by atoms with Crippen LogP contribution in [0.3, 0.4) is 0 Å². The number of nitrogens with one attached hydrogen (secondary N) is 1. The Morgan fingerprint density at radius 1 is 1.24 bits per heavy atom. The molecule has 0 unspecified atom stereocenters. The van der Waals surface area contributed by atoms with Crippen molar-refractivity contribution >= 4 is 22.4 Å². The lowest BCUT2D eigenvalue weighted by Gasteiger charge is -2.08. The predicted octanol–water partition coefficient (Wildman–Crippen LogP) is 3.90. The highest BCUT2D eigenvalue weighted by Gasteiger charge is 2.25. The first-order valence-electron chi connectivity index (χ1n) is 6.21. The normalized spacial score (nSPS) is 11.6. The van der Waals surface area contributed by atoms with E-state index in [2.05, 4.69) is 10.3 Å². The highest BCUT2D eigenvalue weighted by Crippen LogP contribution is 2.22. The summed E-state index contributed by atoms with van der Waals surface area (Å²) in [5.74, 6) is 0.443. The molecule has 21 heavy (non-hydrogen) atoms. The number of nitro groups is 1. The molecule has 0 bridgehead atoms. The highest BCUT2D eigenvalue weighted by atomic mass is 19.4. The Bertz CT molecular complexity index is 659. The Morgan fingerprint density at radius 3 is 2.67 bits per heavy atom. The van der Waals surface area contributed by atoms with Crippen molar-refractivity contribution in [2.75, 3.05) is 11.9 Å². The molecule has 2 rings (SSSR count). The second kappa shape index (κ2) is 5.94. The molecule has 0 fully saturated rings. The molecule has 0 amide bonds. The lowest BCUT2D eigenvalue weighted by Crippen LogP contribution is -2.11. The molecule has 1 N–H and O–H groups in total. The van der Waals surface area contributed by atoms with E-state index < -0.39 is 17.5 Å². The summed E-state index contributed by atoms with van der Waals surface area (Å²) >= 11 is 0. The van der Waals surface area contributed by atoms with Crippen molar-refractivity contribution in [1.82, 2.24) is 4.98 Å². The molecule has 1 aromatic carbocycles. The van der Waals surface area contributed by atoms with Gasteiger partial charge in [0, 0.05) is 30.5 Å². The Morgan fingerprint density at radius 2 is 2.00 bits per heavy atom. The molecule has 0 radical (unpaired) electrons. The summed E-state index contributed by atoms with van der Waals surface area (Å²) in [5, 5.41) is 14.1. The summed E-state index contributed by atoms with van der Waals surface area (Å²) in [6.45, 7) is 0.158. The summed E-state index contributed by atoms with van der Waals surface area (Å²) in [7, 11) is 0. The molecule has 0 saturated heterocycles. The van der Waals surface area contributed by atoms with Crippen LogP contribution in [-0.4, -0.2) is 22.6 Å². The topological polar surface area (TPSA) is 68.1 Å². The van der Waals surface area contributed by atoms with Gasteiger partial charge in [-0.1, -0.05) is 0 Å². The van der Waals surface area contributed by atoms with E-state index in [0.29, 0.717) is 16.7 Å². The minimum atomic E-state index is -4.16. The summed E-state index contributed by atoms with van der Waals surface area (Å²) in [6, 6.07) is 7.47. The molecule has 0 aliphatic carbocycles. The number of nitro benzene ring substituents is 1. The zero-order valence-electron chi connectivity index (χ0n) is 10.9. The Labute approximate surface area is 117 Å². The number of rotatable bonds is 5. The molecular formula is C13H12F3N3O2. The van der Waals surface area contributed by atoms with Gasteiger partial charge in [0.05, 0.1) is 10.4 Å². The molecule has 0 saturated carbocycles. The molecule has 0 aliphatic heterocycles. The lowest BCUT2D eigenvalue weighted by atomic mass is 10.2. The van der Waals surface area contributed by atoms with Gasteiger partial charge in [0.2, 0.25) is 0 Å². The van der Waals surface area contributed by atoms with Crippen molar-refractivity contribution in [3.05, 3.63) is 40.4 Å². The number of non-ortho nitro benzene ring substituents is 1. The average Bonchev–Trinajstić information content (AvgIpc) is 2.41. The van der Waals surface area contributed by atoms with Crippen molar-refractivity contribution in [1.29, 1.82) is 0 Å². The number of halogens is 3. The van der Waals surface area contributed by atoms with Crippen molar-refractivity contribution in [3.8, 4) is 0 Å². The number of aromatic nitrogens is 1. The summed E-state index contributed by atoms with van der Waals surface area (Å²) < 4.78 is 36.0. The van der Waals surface area contributed by atoms with E-state index in [4.69, 9.17) is 0 Å². The van der Waals surface area contributed by atoms with Crippen molar-refractivity contribution < 1.29 is 18.1 Å². The SMILES string of the molecule is O=[N+]([O-])c1ccc2nc(NCCCC(F)(F)F)ccc2c1. The standard InChI is InChI=1S/C13H12F3N3O2/c14-13(15,16)6-1-7-17-12-5-2-9-8-10(19(20)21)3-4-11(9)18-12/h2-5,8H,1,6-7H2,(H,17,18).